The smallest absolute Gasteiger partial charge is 0.248 e. The van der Waals surface area contributed by atoms with Crippen molar-refractivity contribution in [2.24, 2.45) is 5.73 Å². The Labute approximate surface area is 225 Å². The van der Waals surface area contributed by atoms with E-state index in [1.165, 1.54) is 0 Å². The Morgan fingerprint density at radius 1 is 0.949 bits per heavy atom. The zero-order valence-electron chi connectivity index (χ0n) is 21.1. The van der Waals surface area contributed by atoms with Gasteiger partial charge in [-0.05, 0) is 41.5 Å². The maximum Gasteiger partial charge on any atom is 0.248 e. The van der Waals surface area contributed by atoms with Crippen LogP contribution in [0.5, 0.6) is 5.88 Å². The van der Waals surface area contributed by atoms with Gasteiger partial charge in [-0.2, -0.15) is 10.4 Å². The third-order valence-electron chi connectivity index (χ3n) is 7.71. The number of rotatable bonds is 3. The molecule has 188 valence electrons. The molecule has 2 N–H and O–H groups in total. The molecule has 0 fully saturated rings. The summed E-state index contributed by atoms with van der Waals surface area (Å²) >= 11 is 0. The molecule has 0 radical (unpaired) electrons. The standard InChI is InChI=1S/C32H23N5O2/c1-20-28-30(37(35-20)23-13-3-2-4-14-23)39-29(34)26(18-33)32(28)25-16-7-8-17-27(25)36(31(32)38)19-22-12-9-11-21-10-5-6-15-24(21)22/h2-17H,19,34H2,1H3/t32-/m0/s1. The predicted molar refractivity (Wildman–Crippen MR) is 148 cm³/mol. The molecular weight excluding hydrogens is 486 g/mol. The molecule has 39 heavy (non-hydrogen) atoms. The van der Waals surface area contributed by atoms with E-state index in [1.807, 2.05) is 85.8 Å². The number of para-hydroxylation sites is 2. The molecule has 0 saturated heterocycles. The van der Waals surface area contributed by atoms with E-state index in [-0.39, 0.29) is 17.4 Å². The van der Waals surface area contributed by atoms with Crippen LogP contribution < -0.4 is 15.4 Å². The Balaban J connectivity index is 1.49. The Bertz CT molecular complexity index is 1880. The van der Waals surface area contributed by atoms with Gasteiger partial charge in [0.1, 0.15) is 17.1 Å². The topological polar surface area (TPSA) is 97.2 Å². The van der Waals surface area contributed by atoms with Crippen LogP contribution in [0, 0.1) is 18.3 Å². The third-order valence-corrected chi connectivity index (χ3v) is 7.71. The minimum absolute atomic E-state index is 0.0728. The molecule has 7 heteroatoms. The van der Waals surface area contributed by atoms with E-state index in [4.69, 9.17) is 15.6 Å². The normalized spacial score (nSPS) is 17.7. The van der Waals surface area contributed by atoms with Gasteiger partial charge in [-0.25, -0.2) is 4.68 Å². The molecule has 7 rings (SSSR count). The Morgan fingerprint density at radius 2 is 1.67 bits per heavy atom. The Hall–Kier alpha value is -5.35. The number of anilines is 1. The molecule has 4 aromatic carbocycles. The maximum absolute atomic E-state index is 14.8. The molecule has 1 aromatic heterocycles. The summed E-state index contributed by atoms with van der Waals surface area (Å²) in [6.07, 6.45) is 0. The number of ether oxygens (including phenoxy) is 1. The number of nitrogens with zero attached hydrogens (tertiary/aromatic N) is 4. The van der Waals surface area contributed by atoms with Crippen LogP contribution in [0.2, 0.25) is 0 Å². The van der Waals surface area contributed by atoms with Gasteiger partial charge in [0, 0.05) is 11.3 Å². The summed E-state index contributed by atoms with van der Waals surface area (Å²) in [7, 11) is 0. The zero-order valence-corrected chi connectivity index (χ0v) is 21.1. The van der Waals surface area contributed by atoms with Crippen molar-refractivity contribution in [1.82, 2.24) is 9.78 Å². The monoisotopic (exact) mass is 509 g/mol. The van der Waals surface area contributed by atoms with Crippen molar-refractivity contribution in [3.05, 3.63) is 131 Å². The van der Waals surface area contributed by atoms with Crippen molar-refractivity contribution in [1.29, 1.82) is 5.26 Å². The third kappa shape index (κ3) is 3.03. The van der Waals surface area contributed by atoms with Crippen LogP contribution in [-0.4, -0.2) is 15.7 Å². The molecule has 1 atom stereocenters. The average Bonchev–Trinajstić information content (AvgIpc) is 3.42. The van der Waals surface area contributed by atoms with Gasteiger partial charge >= 0.3 is 0 Å². The maximum atomic E-state index is 14.8. The fourth-order valence-electron chi connectivity index (χ4n) is 6.07. The highest BCUT2D eigenvalue weighted by molar-refractivity contribution is 6.14. The largest absolute Gasteiger partial charge is 0.422 e. The summed E-state index contributed by atoms with van der Waals surface area (Å²) in [5, 5.41) is 17.4. The van der Waals surface area contributed by atoms with E-state index >= 15 is 0 Å². The molecule has 1 spiro atoms. The van der Waals surface area contributed by atoms with E-state index in [0.29, 0.717) is 29.2 Å². The number of nitriles is 1. The van der Waals surface area contributed by atoms with Crippen molar-refractivity contribution >= 4 is 22.4 Å². The van der Waals surface area contributed by atoms with Crippen LogP contribution in [0.4, 0.5) is 5.69 Å². The van der Waals surface area contributed by atoms with E-state index < -0.39 is 5.41 Å². The second kappa shape index (κ2) is 8.33. The molecular formula is C32H23N5O2. The van der Waals surface area contributed by atoms with Crippen molar-refractivity contribution < 1.29 is 9.53 Å². The first-order chi connectivity index (χ1) is 19.1. The van der Waals surface area contributed by atoms with Crippen LogP contribution >= 0.6 is 0 Å². The number of amides is 1. The number of hydrogen-bond acceptors (Lipinski definition) is 5. The fraction of sp³-hybridized carbons (Fsp3) is 0.0938. The summed E-state index contributed by atoms with van der Waals surface area (Å²) in [6.45, 7) is 2.17. The molecule has 0 bridgehead atoms. The van der Waals surface area contributed by atoms with E-state index in [2.05, 4.69) is 24.3 Å². The van der Waals surface area contributed by atoms with Gasteiger partial charge in [0.2, 0.25) is 17.7 Å². The van der Waals surface area contributed by atoms with Crippen LogP contribution in [0.1, 0.15) is 22.4 Å². The second-order valence-electron chi connectivity index (χ2n) is 9.76. The minimum Gasteiger partial charge on any atom is -0.422 e. The van der Waals surface area contributed by atoms with E-state index in [0.717, 1.165) is 27.7 Å². The highest BCUT2D eigenvalue weighted by atomic mass is 16.5. The highest BCUT2D eigenvalue weighted by Gasteiger charge is 2.61. The van der Waals surface area contributed by atoms with Gasteiger partial charge in [0.25, 0.3) is 0 Å². The highest BCUT2D eigenvalue weighted by Crippen LogP contribution is 2.56. The van der Waals surface area contributed by atoms with Gasteiger partial charge in [0.05, 0.1) is 23.5 Å². The zero-order chi connectivity index (χ0) is 26.7. The van der Waals surface area contributed by atoms with Crippen LogP contribution in [-0.2, 0) is 16.8 Å². The lowest BCUT2D eigenvalue weighted by Gasteiger charge is -2.33. The Kier molecular flexibility index (Phi) is 4.88. The molecule has 0 saturated carbocycles. The molecule has 1 amide bonds. The quantitative estimate of drug-likeness (QED) is 0.358. The number of carbonyl (C=O) groups excluding carboxylic acids is 1. The average molecular weight is 510 g/mol. The van der Waals surface area contributed by atoms with Crippen molar-refractivity contribution in [2.75, 3.05) is 4.90 Å². The number of fused-ring (bicyclic) bond motifs is 5. The van der Waals surface area contributed by atoms with Crippen molar-refractivity contribution in [3.63, 3.8) is 0 Å². The number of carbonyl (C=O) groups is 1. The summed E-state index contributed by atoms with van der Waals surface area (Å²) in [4.78, 5) is 16.6. The van der Waals surface area contributed by atoms with Crippen molar-refractivity contribution in [2.45, 2.75) is 18.9 Å². The first-order valence-corrected chi connectivity index (χ1v) is 12.7. The molecule has 2 aliphatic rings. The van der Waals surface area contributed by atoms with Crippen LogP contribution in [0.3, 0.4) is 0 Å². The number of benzene rings is 4. The second-order valence-corrected chi connectivity index (χ2v) is 9.76. The summed E-state index contributed by atoms with van der Waals surface area (Å²) in [6, 6.07) is 33.6. The van der Waals surface area contributed by atoms with E-state index in [1.54, 1.807) is 9.58 Å². The fourth-order valence-corrected chi connectivity index (χ4v) is 6.07. The van der Waals surface area contributed by atoms with Crippen molar-refractivity contribution in [3.8, 4) is 17.6 Å². The van der Waals surface area contributed by atoms with Gasteiger partial charge < -0.3 is 15.4 Å². The number of nitrogens with two attached hydrogens (primary N) is 1. The molecule has 3 heterocycles. The van der Waals surface area contributed by atoms with Gasteiger partial charge in [-0.3, -0.25) is 4.79 Å². The molecule has 0 aliphatic carbocycles. The molecule has 5 aromatic rings. The minimum atomic E-state index is -1.48. The van der Waals surface area contributed by atoms with Gasteiger partial charge in [-0.15, -0.1) is 0 Å². The molecule has 2 aliphatic heterocycles. The lowest BCUT2D eigenvalue weighted by molar-refractivity contribution is -0.121. The number of hydrogen-bond donors (Lipinski definition) is 1. The summed E-state index contributed by atoms with van der Waals surface area (Å²) in [5.74, 6) is -0.0148. The first kappa shape index (κ1) is 22.8. The summed E-state index contributed by atoms with van der Waals surface area (Å²) in [5.41, 5.74) is 9.34. The van der Waals surface area contributed by atoms with Crippen LogP contribution in [0.15, 0.2) is 109 Å². The van der Waals surface area contributed by atoms with E-state index in [9.17, 15) is 10.1 Å². The van der Waals surface area contributed by atoms with Crippen LogP contribution in [0.25, 0.3) is 16.5 Å². The number of aromatic nitrogens is 2. The molecule has 0 unspecified atom stereocenters. The number of aryl methyl sites for hydroxylation is 1. The van der Waals surface area contributed by atoms with Gasteiger partial charge in [-0.1, -0.05) is 78.9 Å². The lowest BCUT2D eigenvalue weighted by atomic mass is 9.69. The molecule has 7 nitrogen and oxygen atoms in total. The Morgan fingerprint density at radius 3 is 2.49 bits per heavy atom. The summed E-state index contributed by atoms with van der Waals surface area (Å²) < 4.78 is 7.72. The van der Waals surface area contributed by atoms with Gasteiger partial charge in [0.15, 0.2) is 0 Å². The predicted octanol–water partition coefficient (Wildman–Crippen LogP) is 5.25. The SMILES string of the molecule is Cc1nn(-c2ccccc2)c2c1[C@@]1(C(=O)N(Cc3cccc4ccccc34)c3ccccc31)C(C#N)=C(N)O2. The first-order valence-electron chi connectivity index (χ1n) is 12.7. The lowest BCUT2D eigenvalue weighted by Crippen LogP contribution is -2.46.